The molecule has 3 heteroatoms. The molecule has 0 saturated carbocycles. The van der Waals surface area contributed by atoms with Crippen LogP contribution in [-0.2, 0) is 0 Å². The number of hydrogen-bond acceptors (Lipinski definition) is 1. The molecule has 0 amide bonds. The van der Waals surface area contributed by atoms with Gasteiger partial charge >= 0.3 is 7.41 Å². The lowest BCUT2D eigenvalue weighted by Gasteiger charge is -1.87. The average molecular weight is 193 g/mol. The first kappa shape index (κ1) is 6.16. The lowest BCUT2D eigenvalue weighted by Crippen LogP contribution is -2.21. The summed E-state index contributed by atoms with van der Waals surface area (Å²) in [6.07, 6.45) is 0. The Balaban J connectivity index is 2.97. The number of hydrogen-bond donors (Lipinski definition) is 0. The summed E-state index contributed by atoms with van der Waals surface area (Å²) in [6.45, 7) is 0. The van der Waals surface area contributed by atoms with Crippen LogP contribution in [0, 0.1) is 0 Å². The van der Waals surface area contributed by atoms with E-state index in [0.29, 0.717) is 0 Å². The van der Waals surface area contributed by atoms with Gasteiger partial charge in [0.25, 0.3) is 0 Å². The van der Waals surface area contributed by atoms with Crippen molar-refractivity contribution in [2.24, 2.45) is 4.90 Å². The van der Waals surface area contributed by atoms with Crippen molar-refractivity contribution < 1.29 is 0 Å². The molecule has 1 radical (unpaired) electrons. The van der Waals surface area contributed by atoms with Gasteiger partial charge in [0.1, 0.15) is 0 Å². The first-order valence-corrected chi connectivity index (χ1v) is 3.83. The Morgan fingerprint density at radius 2 is 2.30 bits per heavy atom. The van der Waals surface area contributed by atoms with Crippen molar-refractivity contribution in [1.82, 2.24) is 0 Å². The summed E-state index contributed by atoms with van der Waals surface area (Å²) in [4.78, 5) is 4.15. The Labute approximate surface area is 67.9 Å². The van der Waals surface area contributed by atoms with Gasteiger partial charge in [0.15, 0.2) is 0 Å². The first-order chi connectivity index (χ1) is 4.88. The Morgan fingerprint density at radius 3 is 3.10 bits per heavy atom. The normalized spacial score (nSPS) is 12.9. The van der Waals surface area contributed by atoms with E-state index in [4.69, 9.17) is 0 Å². The summed E-state index contributed by atoms with van der Waals surface area (Å²) in [7, 11) is 1.81. The molecule has 0 fully saturated rings. The molecule has 1 aliphatic heterocycles. The summed E-state index contributed by atoms with van der Waals surface area (Å²) in [6, 6.07) is 6.00. The average Bonchev–Trinajstić information content (AvgIpc) is 2.36. The molecule has 0 atom stereocenters. The molecule has 0 aliphatic carbocycles. The zero-order chi connectivity index (χ0) is 6.97. The van der Waals surface area contributed by atoms with Crippen molar-refractivity contribution in [3.05, 3.63) is 33.2 Å². The zero-order valence-corrected chi connectivity index (χ0v) is 6.80. The standard InChI is InChI=1S/C7H4BBrN/c9-6-2-1-3-7-5(6)4-8-10-7/h1-4H. The predicted molar refractivity (Wildman–Crippen MR) is 45.1 cm³/mol. The maximum Gasteiger partial charge on any atom is 0.305 e. The highest BCUT2D eigenvalue weighted by molar-refractivity contribution is 9.10. The van der Waals surface area contributed by atoms with Crippen molar-refractivity contribution >= 4 is 29.3 Å². The van der Waals surface area contributed by atoms with Crippen LogP contribution in [0.3, 0.4) is 0 Å². The van der Waals surface area contributed by atoms with E-state index in [-0.39, 0.29) is 0 Å². The molecule has 0 saturated heterocycles. The van der Waals surface area contributed by atoms with E-state index in [2.05, 4.69) is 20.8 Å². The van der Waals surface area contributed by atoms with Crippen LogP contribution in [0.4, 0.5) is 0 Å². The molecule has 1 aromatic rings. The molecular weight excluding hydrogens is 189 g/mol. The van der Waals surface area contributed by atoms with E-state index in [1.165, 1.54) is 5.22 Å². The number of fused-ring (bicyclic) bond motifs is 1. The van der Waals surface area contributed by atoms with Crippen molar-refractivity contribution in [3.8, 4) is 0 Å². The first-order valence-electron chi connectivity index (χ1n) is 3.04. The fourth-order valence-electron chi connectivity index (χ4n) is 0.995. The molecule has 1 aliphatic rings. The third kappa shape index (κ3) is 0.815. The number of halogens is 1. The van der Waals surface area contributed by atoms with Crippen molar-refractivity contribution in [2.75, 3.05) is 0 Å². The largest absolute Gasteiger partial charge is 0.342 e. The number of rotatable bonds is 0. The molecule has 10 heavy (non-hydrogen) atoms. The summed E-state index contributed by atoms with van der Waals surface area (Å²) in [5.41, 5.74) is 0. The van der Waals surface area contributed by atoms with Crippen LogP contribution in [-0.4, -0.2) is 7.41 Å². The van der Waals surface area contributed by atoms with Crippen LogP contribution < -0.4 is 10.6 Å². The van der Waals surface area contributed by atoms with Gasteiger partial charge < -0.3 is 4.90 Å². The zero-order valence-electron chi connectivity index (χ0n) is 5.21. The monoisotopic (exact) mass is 192 g/mol. The molecule has 0 aromatic heterocycles. The molecule has 1 nitrogen and oxygen atoms in total. The maximum atomic E-state index is 4.15. The van der Waals surface area contributed by atoms with Gasteiger partial charge in [-0.25, -0.2) is 0 Å². The Morgan fingerprint density at radius 1 is 1.40 bits per heavy atom. The molecule has 0 spiro atoms. The fraction of sp³-hybridized carbons (Fsp3) is 0. The second kappa shape index (κ2) is 2.24. The Kier molecular flexibility index (Phi) is 1.38. The molecule has 47 valence electrons. The van der Waals surface area contributed by atoms with Gasteiger partial charge in [0, 0.05) is 15.0 Å². The van der Waals surface area contributed by atoms with Crippen molar-refractivity contribution in [1.29, 1.82) is 0 Å². The van der Waals surface area contributed by atoms with Gasteiger partial charge in [-0.05, 0) is 12.1 Å². The highest BCUT2D eigenvalue weighted by atomic mass is 79.9. The Hall–Kier alpha value is -0.565. The summed E-state index contributed by atoms with van der Waals surface area (Å²) in [5, 5.41) is 2.23. The van der Waals surface area contributed by atoms with Gasteiger partial charge in [-0.15, -0.1) is 0 Å². The minimum Gasteiger partial charge on any atom is -0.342 e. The van der Waals surface area contributed by atoms with E-state index in [0.717, 1.165) is 9.83 Å². The molecule has 0 N–H and O–H groups in total. The maximum absolute atomic E-state index is 4.15. The van der Waals surface area contributed by atoms with E-state index >= 15 is 0 Å². The summed E-state index contributed by atoms with van der Waals surface area (Å²) < 4.78 is 1.11. The highest BCUT2D eigenvalue weighted by Gasteiger charge is 1.97. The van der Waals surface area contributed by atoms with Crippen LogP contribution >= 0.6 is 15.9 Å². The lowest BCUT2D eigenvalue weighted by molar-refractivity contribution is 1.39. The summed E-state index contributed by atoms with van der Waals surface area (Å²) >= 11 is 3.44. The minimum atomic E-state index is 1.05. The molecule has 0 unspecified atom stereocenters. The van der Waals surface area contributed by atoms with E-state index < -0.39 is 0 Å². The molecular formula is C7H4BBrN. The molecule has 0 bridgehead atoms. The lowest BCUT2D eigenvalue weighted by atomic mass is 9.98. The second-order valence-corrected chi connectivity index (χ2v) is 2.97. The predicted octanol–water partition coefficient (Wildman–Crippen LogP) is 0.439. The van der Waals surface area contributed by atoms with Crippen LogP contribution in [0.25, 0.3) is 5.98 Å². The third-order valence-corrected chi connectivity index (χ3v) is 2.18. The van der Waals surface area contributed by atoms with Gasteiger partial charge in [0.2, 0.25) is 0 Å². The van der Waals surface area contributed by atoms with Gasteiger partial charge in [0.05, 0.1) is 0 Å². The number of nitrogens with zero attached hydrogens (tertiary/aromatic N) is 1. The van der Waals surface area contributed by atoms with Crippen LogP contribution in [0.1, 0.15) is 0 Å². The smallest absolute Gasteiger partial charge is 0.305 e. The summed E-state index contributed by atoms with van der Waals surface area (Å²) in [5.74, 6) is 2.00. The van der Waals surface area contributed by atoms with Crippen molar-refractivity contribution in [2.45, 2.75) is 0 Å². The van der Waals surface area contributed by atoms with Gasteiger partial charge in [-0.2, -0.15) is 0 Å². The van der Waals surface area contributed by atoms with Gasteiger partial charge in [-0.1, -0.05) is 28.0 Å². The number of benzene rings is 1. The second-order valence-electron chi connectivity index (χ2n) is 2.12. The van der Waals surface area contributed by atoms with E-state index in [9.17, 15) is 0 Å². The van der Waals surface area contributed by atoms with E-state index in [1.54, 1.807) is 0 Å². The minimum absolute atomic E-state index is 1.05. The van der Waals surface area contributed by atoms with Crippen LogP contribution in [0.2, 0.25) is 0 Å². The van der Waals surface area contributed by atoms with Crippen LogP contribution in [0.15, 0.2) is 27.6 Å². The highest BCUT2D eigenvalue weighted by Crippen LogP contribution is 1.99. The third-order valence-electron chi connectivity index (χ3n) is 1.48. The molecule has 2 rings (SSSR count). The molecule has 1 heterocycles. The fourth-order valence-corrected chi connectivity index (χ4v) is 1.48. The van der Waals surface area contributed by atoms with Gasteiger partial charge in [-0.3, -0.25) is 0 Å². The Bertz CT molecular complexity index is 372. The topological polar surface area (TPSA) is 12.4 Å². The van der Waals surface area contributed by atoms with Crippen LogP contribution in [0.5, 0.6) is 0 Å². The van der Waals surface area contributed by atoms with Crippen molar-refractivity contribution in [3.63, 3.8) is 0 Å². The molecule has 1 aromatic carbocycles. The quantitative estimate of drug-likeness (QED) is 0.530. The SMILES string of the molecule is Brc1cccc2c1=C[B]N=2. The van der Waals surface area contributed by atoms with E-state index in [1.807, 2.05) is 31.6 Å².